The van der Waals surface area contributed by atoms with Crippen molar-refractivity contribution in [3.05, 3.63) is 45.6 Å². The van der Waals surface area contributed by atoms with Crippen LogP contribution < -0.4 is 0 Å². The maximum Gasteiger partial charge on any atom is 0.0696 e. The van der Waals surface area contributed by atoms with E-state index in [2.05, 4.69) is 38.1 Å². The third-order valence-corrected chi connectivity index (χ3v) is 3.52. The van der Waals surface area contributed by atoms with Crippen LogP contribution in [0.25, 0.3) is 11.1 Å². The number of hydrogen-bond acceptors (Lipinski definition) is 2. The van der Waals surface area contributed by atoms with E-state index in [1.165, 1.54) is 21.6 Å². The second-order valence-electron chi connectivity index (χ2n) is 3.72. The fourth-order valence-electron chi connectivity index (χ4n) is 1.73. The largest absolute Gasteiger partial charge is 0.392 e. The molecule has 2 heteroatoms. The van der Waals surface area contributed by atoms with E-state index in [1.54, 1.807) is 11.3 Å². The Balaban J connectivity index is 2.52. The van der Waals surface area contributed by atoms with Gasteiger partial charge in [-0.2, -0.15) is 0 Å². The lowest BCUT2D eigenvalue weighted by molar-refractivity contribution is 0.283. The molecule has 0 aliphatic rings. The van der Waals surface area contributed by atoms with Crippen LogP contribution >= 0.6 is 11.3 Å². The molecular formula is C13H14OS. The van der Waals surface area contributed by atoms with Crippen molar-refractivity contribution in [2.45, 2.75) is 20.5 Å². The maximum atomic E-state index is 9.25. The SMILES string of the molecule is Cc1ccc(-c2c(CO)csc2C)cc1. The van der Waals surface area contributed by atoms with Crippen molar-refractivity contribution >= 4 is 11.3 Å². The molecule has 15 heavy (non-hydrogen) atoms. The van der Waals surface area contributed by atoms with Gasteiger partial charge in [0.15, 0.2) is 0 Å². The Hall–Kier alpha value is -1.12. The van der Waals surface area contributed by atoms with Crippen LogP contribution in [0.5, 0.6) is 0 Å². The topological polar surface area (TPSA) is 20.2 Å². The van der Waals surface area contributed by atoms with E-state index in [0.29, 0.717) is 0 Å². The number of thiophene rings is 1. The first kappa shape index (κ1) is 10.4. The van der Waals surface area contributed by atoms with Gasteiger partial charge in [0, 0.05) is 10.4 Å². The van der Waals surface area contributed by atoms with E-state index in [0.717, 1.165) is 5.56 Å². The van der Waals surface area contributed by atoms with Crippen molar-refractivity contribution in [2.75, 3.05) is 0 Å². The third kappa shape index (κ3) is 1.96. The highest BCUT2D eigenvalue weighted by Crippen LogP contribution is 2.32. The Labute approximate surface area is 94.0 Å². The smallest absolute Gasteiger partial charge is 0.0696 e. The van der Waals surface area contributed by atoms with Crippen molar-refractivity contribution < 1.29 is 5.11 Å². The first-order valence-electron chi connectivity index (χ1n) is 4.97. The van der Waals surface area contributed by atoms with Crippen molar-refractivity contribution in [3.8, 4) is 11.1 Å². The number of aryl methyl sites for hydroxylation is 2. The number of aliphatic hydroxyl groups is 1. The molecule has 1 nitrogen and oxygen atoms in total. The van der Waals surface area contributed by atoms with Gasteiger partial charge in [0.2, 0.25) is 0 Å². The molecule has 0 saturated carbocycles. The Morgan fingerprint density at radius 3 is 2.40 bits per heavy atom. The van der Waals surface area contributed by atoms with Crippen molar-refractivity contribution in [2.24, 2.45) is 0 Å². The second-order valence-corrected chi connectivity index (χ2v) is 4.80. The average Bonchev–Trinajstić information content (AvgIpc) is 2.61. The average molecular weight is 218 g/mol. The molecule has 0 aliphatic carbocycles. The minimum atomic E-state index is 0.119. The molecule has 1 aromatic heterocycles. The number of hydrogen-bond donors (Lipinski definition) is 1. The van der Waals surface area contributed by atoms with Crippen LogP contribution in [0.1, 0.15) is 16.0 Å². The molecule has 78 valence electrons. The molecule has 1 N–H and O–H groups in total. The van der Waals surface area contributed by atoms with Crippen molar-refractivity contribution in [1.82, 2.24) is 0 Å². The van der Waals surface area contributed by atoms with E-state index in [4.69, 9.17) is 0 Å². The first-order chi connectivity index (χ1) is 7.22. The first-order valence-corrected chi connectivity index (χ1v) is 5.85. The minimum Gasteiger partial charge on any atom is -0.392 e. The fraction of sp³-hybridized carbons (Fsp3) is 0.231. The quantitative estimate of drug-likeness (QED) is 0.817. The molecule has 2 aromatic rings. The van der Waals surface area contributed by atoms with Crippen LogP contribution in [0.15, 0.2) is 29.6 Å². The summed E-state index contributed by atoms with van der Waals surface area (Å²) in [6, 6.07) is 8.44. The van der Waals surface area contributed by atoms with E-state index in [1.807, 2.05) is 5.38 Å². The summed E-state index contributed by atoms with van der Waals surface area (Å²) in [5, 5.41) is 11.3. The van der Waals surface area contributed by atoms with Gasteiger partial charge < -0.3 is 5.11 Å². The van der Waals surface area contributed by atoms with Crippen LogP contribution in [0.2, 0.25) is 0 Å². The number of benzene rings is 1. The van der Waals surface area contributed by atoms with Gasteiger partial charge in [0.25, 0.3) is 0 Å². The van der Waals surface area contributed by atoms with E-state index in [-0.39, 0.29) is 6.61 Å². The van der Waals surface area contributed by atoms with Crippen molar-refractivity contribution in [1.29, 1.82) is 0 Å². The van der Waals surface area contributed by atoms with Crippen LogP contribution in [0.3, 0.4) is 0 Å². The molecule has 0 spiro atoms. The molecule has 0 saturated heterocycles. The van der Waals surface area contributed by atoms with Crippen LogP contribution in [0, 0.1) is 13.8 Å². The predicted molar refractivity (Wildman–Crippen MR) is 65.2 cm³/mol. The summed E-state index contributed by atoms with van der Waals surface area (Å²) < 4.78 is 0. The Kier molecular flexibility index (Phi) is 2.89. The Bertz CT molecular complexity index is 454. The Morgan fingerprint density at radius 1 is 1.13 bits per heavy atom. The van der Waals surface area contributed by atoms with Gasteiger partial charge in [-0.1, -0.05) is 29.8 Å². The highest BCUT2D eigenvalue weighted by molar-refractivity contribution is 7.10. The highest BCUT2D eigenvalue weighted by atomic mass is 32.1. The molecule has 1 heterocycles. The van der Waals surface area contributed by atoms with Gasteiger partial charge in [-0.3, -0.25) is 0 Å². The Morgan fingerprint density at radius 2 is 1.80 bits per heavy atom. The summed E-state index contributed by atoms with van der Waals surface area (Å²) >= 11 is 1.69. The van der Waals surface area contributed by atoms with E-state index >= 15 is 0 Å². The second kappa shape index (κ2) is 4.17. The zero-order chi connectivity index (χ0) is 10.8. The third-order valence-electron chi connectivity index (χ3n) is 2.56. The molecule has 0 aliphatic heterocycles. The lowest BCUT2D eigenvalue weighted by atomic mass is 10.0. The van der Waals surface area contributed by atoms with Gasteiger partial charge in [-0.15, -0.1) is 11.3 Å². The monoisotopic (exact) mass is 218 g/mol. The fourth-order valence-corrected chi connectivity index (χ4v) is 2.61. The lowest BCUT2D eigenvalue weighted by Gasteiger charge is -2.04. The van der Waals surface area contributed by atoms with Crippen LogP contribution in [0.4, 0.5) is 0 Å². The predicted octanol–water partition coefficient (Wildman–Crippen LogP) is 3.52. The van der Waals surface area contributed by atoms with Gasteiger partial charge >= 0.3 is 0 Å². The molecule has 1 aromatic carbocycles. The molecule has 0 unspecified atom stereocenters. The molecule has 0 atom stereocenters. The molecule has 0 amide bonds. The summed E-state index contributed by atoms with van der Waals surface area (Å²) in [5.74, 6) is 0. The number of aliphatic hydroxyl groups excluding tert-OH is 1. The van der Waals surface area contributed by atoms with Crippen LogP contribution in [-0.2, 0) is 6.61 Å². The van der Waals surface area contributed by atoms with Gasteiger partial charge in [0.1, 0.15) is 0 Å². The van der Waals surface area contributed by atoms with Gasteiger partial charge in [0.05, 0.1) is 6.61 Å². The summed E-state index contributed by atoms with van der Waals surface area (Å²) in [5.41, 5.74) is 4.68. The maximum absolute atomic E-state index is 9.25. The standard InChI is InChI=1S/C13H14OS/c1-9-3-5-11(6-4-9)13-10(2)15-8-12(13)7-14/h3-6,8,14H,7H2,1-2H3. The van der Waals surface area contributed by atoms with Gasteiger partial charge in [-0.25, -0.2) is 0 Å². The van der Waals surface area contributed by atoms with E-state index < -0.39 is 0 Å². The summed E-state index contributed by atoms with van der Waals surface area (Å²) in [4.78, 5) is 1.27. The zero-order valence-corrected chi connectivity index (χ0v) is 9.77. The zero-order valence-electron chi connectivity index (χ0n) is 8.95. The molecule has 2 rings (SSSR count). The summed E-state index contributed by atoms with van der Waals surface area (Å²) in [6.45, 7) is 4.30. The molecule has 0 radical (unpaired) electrons. The highest BCUT2D eigenvalue weighted by Gasteiger charge is 2.09. The molecular weight excluding hydrogens is 204 g/mol. The summed E-state index contributed by atoms with van der Waals surface area (Å²) in [7, 11) is 0. The van der Waals surface area contributed by atoms with Crippen LogP contribution in [-0.4, -0.2) is 5.11 Å². The molecule has 0 bridgehead atoms. The van der Waals surface area contributed by atoms with Gasteiger partial charge in [-0.05, 0) is 30.4 Å². The summed E-state index contributed by atoms with van der Waals surface area (Å²) in [6.07, 6.45) is 0. The van der Waals surface area contributed by atoms with Crippen molar-refractivity contribution in [3.63, 3.8) is 0 Å². The minimum absolute atomic E-state index is 0.119. The lowest BCUT2D eigenvalue weighted by Crippen LogP contribution is -1.86. The molecule has 0 fully saturated rings. The van der Waals surface area contributed by atoms with E-state index in [9.17, 15) is 5.11 Å². The number of rotatable bonds is 2. The normalized spacial score (nSPS) is 10.6.